The SMILES string of the molecule is C=CC(=O)N1CCCC[C@@H](n2c(NC(=O)c3cccc(C)c3)nc3ccc(OC4CCOC4)c(Cl)c32)C1. The minimum absolute atomic E-state index is 0.0644. The predicted molar refractivity (Wildman–Crippen MR) is 143 cm³/mol. The number of anilines is 1. The van der Waals surface area contributed by atoms with Crippen molar-refractivity contribution in [3.63, 3.8) is 0 Å². The molecule has 2 saturated heterocycles. The number of aryl methyl sites for hydroxylation is 1. The molecule has 0 bridgehead atoms. The summed E-state index contributed by atoms with van der Waals surface area (Å²) < 4.78 is 13.6. The van der Waals surface area contributed by atoms with E-state index in [0.29, 0.717) is 59.6 Å². The van der Waals surface area contributed by atoms with Crippen LogP contribution in [0.25, 0.3) is 11.0 Å². The largest absolute Gasteiger partial charge is 0.486 e. The molecule has 194 valence electrons. The number of benzene rings is 2. The summed E-state index contributed by atoms with van der Waals surface area (Å²) >= 11 is 6.96. The van der Waals surface area contributed by atoms with Gasteiger partial charge in [-0.05, 0) is 56.5 Å². The van der Waals surface area contributed by atoms with Crippen LogP contribution < -0.4 is 10.1 Å². The summed E-state index contributed by atoms with van der Waals surface area (Å²) in [7, 11) is 0. The zero-order chi connectivity index (χ0) is 25.9. The molecule has 2 aliphatic heterocycles. The Bertz CT molecular complexity index is 1330. The fraction of sp³-hybridized carbons (Fsp3) is 0.393. The molecule has 0 radical (unpaired) electrons. The van der Waals surface area contributed by atoms with Gasteiger partial charge in [0, 0.05) is 25.1 Å². The molecule has 0 saturated carbocycles. The molecule has 2 aromatic carbocycles. The number of aromatic nitrogens is 2. The molecule has 1 N–H and O–H groups in total. The summed E-state index contributed by atoms with van der Waals surface area (Å²) in [5.41, 5.74) is 2.85. The minimum Gasteiger partial charge on any atom is -0.486 e. The van der Waals surface area contributed by atoms with Crippen molar-refractivity contribution < 1.29 is 19.1 Å². The Labute approximate surface area is 221 Å². The number of nitrogens with one attached hydrogen (secondary N) is 1. The normalized spacial score (nSPS) is 20.0. The Morgan fingerprint density at radius 2 is 2.11 bits per heavy atom. The van der Waals surface area contributed by atoms with E-state index in [1.54, 1.807) is 11.0 Å². The van der Waals surface area contributed by atoms with Crippen LogP contribution in [0.2, 0.25) is 5.02 Å². The first-order chi connectivity index (χ1) is 17.9. The van der Waals surface area contributed by atoms with Crippen LogP contribution >= 0.6 is 11.6 Å². The van der Waals surface area contributed by atoms with E-state index >= 15 is 0 Å². The molecular weight excluding hydrogens is 492 g/mol. The zero-order valence-electron chi connectivity index (χ0n) is 20.9. The van der Waals surface area contributed by atoms with Crippen molar-refractivity contribution in [3.05, 3.63) is 65.2 Å². The van der Waals surface area contributed by atoms with Crippen LogP contribution in [0.15, 0.2) is 49.1 Å². The molecule has 0 aliphatic carbocycles. The number of ether oxygens (including phenoxy) is 2. The maximum Gasteiger partial charge on any atom is 0.257 e. The second-order valence-electron chi connectivity index (χ2n) is 9.62. The van der Waals surface area contributed by atoms with Crippen LogP contribution in [0.1, 0.15) is 47.6 Å². The summed E-state index contributed by atoms with van der Waals surface area (Å²) in [5.74, 6) is 0.569. The summed E-state index contributed by atoms with van der Waals surface area (Å²) in [5, 5.41) is 3.44. The van der Waals surface area contributed by atoms with Crippen LogP contribution in [-0.2, 0) is 9.53 Å². The van der Waals surface area contributed by atoms with Crippen molar-refractivity contribution >= 4 is 40.4 Å². The molecule has 2 fully saturated rings. The van der Waals surface area contributed by atoms with Gasteiger partial charge in [-0.3, -0.25) is 14.9 Å². The lowest BCUT2D eigenvalue weighted by molar-refractivity contribution is -0.126. The molecule has 1 unspecified atom stereocenters. The van der Waals surface area contributed by atoms with Gasteiger partial charge < -0.3 is 18.9 Å². The number of likely N-dealkylation sites (tertiary alicyclic amines) is 1. The van der Waals surface area contributed by atoms with Gasteiger partial charge >= 0.3 is 0 Å². The number of nitrogens with zero attached hydrogens (tertiary/aromatic N) is 3. The third-order valence-electron chi connectivity index (χ3n) is 6.94. The fourth-order valence-electron chi connectivity index (χ4n) is 5.07. The van der Waals surface area contributed by atoms with E-state index in [-0.39, 0.29) is 24.0 Å². The molecule has 3 heterocycles. The number of carbonyl (C=O) groups excluding carboxylic acids is 2. The number of halogens is 1. The first kappa shape index (κ1) is 25.3. The molecule has 5 rings (SSSR count). The quantitative estimate of drug-likeness (QED) is 0.452. The summed E-state index contributed by atoms with van der Waals surface area (Å²) in [6.45, 7) is 7.90. The van der Waals surface area contributed by atoms with Gasteiger partial charge in [0.1, 0.15) is 16.9 Å². The molecule has 2 aliphatic rings. The third-order valence-corrected chi connectivity index (χ3v) is 7.31. The first-order valence-corrected chi connectivity index (χ1v) is 13.1. The van der Waals surface area contributed by atoms with Gasteiger partial charge in [0.25, 0.3) is 5.91 Å². The molecule has 2 atom stereocenters. The molecule has 1 aromatic heterocycles. The van der Waals surface area contributed by atoms with Gasteiger partial charge in [0.05, 0.1) is 30.3 Å². The zero-order valence-corrected chi connectivity index (χ0v) is 21.7. The smallest absolute Gasteiger partial charge is 0.257 e. The number of fused-ring (bicyclic) bond motifs is 1. The molecule has 8 nitrogen and oxygen atoms in total. The minimum atomic E-state index is -0.261. The third kappa shape index (κ3) is 5.36. The average Bonchev–Trinajstić information content (AvgIpc) is 3.46. The Morgan fingerprint density at radius 1 is 1.24 bits per heavy atom. The van der Waals surface area contributed by atoms with E-state index in [0.717, 1.165) is 31.2 Å². The van der Waals surface area contributed by atoms with Crippen LogP contribution in [0.5, 0.6) is 5.75 Å². The van der Waals surface area contributed by atoms with Gasteiger partial charge in [-0.2, -0.15) is 0 Å². The van der Waals surface area contributed by atoms with Gasteiger partial charge in [-0.25, -0.2) is 4.98 Å². The van der Waals surface area contributed by atoms with Crippen molar-refractivity contribution in [2.75, 3.05) is 31.6 Å². The number of hydrogen-bond acceptors (Lipinski definition) is 5. The average molecular weight is 523 g/mol. The van der Waals surface area contributed by atoms with E-state index in [4.69, 9.17) is 26.1 Å². The van der Waals surface area contributed by atoms with Crippen molar-refractivity contribution in [1.82, 2.24) is 14.5 Å². The molecule has 2 amide bonds. The van der Waals surface area contributed by atoms with E-state index in [1.807, 2.05) is 41.8 Å². The van der Waals surface area contributed by atoms with Gasteiger partial charge in [-0.1, -0.05) is 35.9 Å². The second-order valence-corrected chi connectivity index (χ2v) is 9.99. The van der Waals surface area contributed by atoms with Crippen molar-refractivity contribution in [1.29, 1.82) is 0 Å². The monoisotopic (exact) mass is 522 g/mol. The number of rotatable bonds is 6. The number of imidazole rings is 1. The fourth-order valence-corrected chi connectivity index (χ4v) is 5.36. The molecule has 3 aromatic rings. The maximum atomic E-state index is 13.2. The highest BCUT2D eigenvalue weighted by atomic mass is 35.5. The lowest BCUT2D eigenvalue weighted by Gasteiger charge is -2.26. The number of amides is 2. The van der Waals surface area contributed by atoms with E-state index in [1.165, 1.54) is 6.08 Å². The van der Waals surface area contributed by atoms with Gasteiger partial charge in [0.15, 0.2) is 0 Å². The lowest BCUT2D eigenvalue weighted by Crippen LogP contribution is -2.34. The Balaban J connectivity index is 1.58. The van der Waals surface area contributed by atoms with Crippen LogP contribution in [-0.4, -0.2) is 58.7 Å². The van der Waals surface area contributed by atoms with Crippen LogP contribution in [0, 0.1) is 6.92 Å². The van der Waals surface area contributed by atoms with Gasteiger partial charge in [-0.15, -0.1) is 0 Å². The highest BCUT2D eigenvalue weighted by molar-refractivity contribution is 6.36. The summed E-state index contributed by atoms with van der Waals surface area (Å²) in [6.07, 6.45) is 4.69. The summed E-state index contributed by atoms with van der Waals surface area (Å²) in [4.78, 5) is 32.4. The highest BCUT2D eigenvalue weighted by Gasteiger charge is 2.29. The van der Waals surface area contributed by atoms with Crippen molar-refractivity contribution in [2.24, 2.45) is 0 Å². The van der Waals surface area contributed by atoms with Crippen LogP contribution in [0.4, 0.5) is 5.95 Å². The predicted octanol–water partition coefficient (Wildman–Crippen LogP) is 5.16. The molecular formula is C28H31ClN4O4. The number of carbonyl (C=O) groups is 2. The second kappa shape index (κ2) is 10.9. The Hall–Kier alpha value is -3.36. The Morgan fingerprint density at radius 3 is 2.86 bits per heavy atom. The van der Waals surface area contributed by atoms with E-state index < -0.39 is 0 Å². The van der Waals surface area contributed by atoms with Crippen molar-refractivity contribution in [3.8, 4) is 5.75 Å². The topological polar surface area (TPSA) is 85.7 Å². The van der Waals surface area contributed by atoms with E-state index in [2.05, 4.69) is 11.9 Å². The number of hydrogen-bond donors (Lipinski definition) is 1. The highest BCUT2D eigenvalue weighted by Crippen LogP contribution is 2.39. The molecule has 0 spiro atoms. The van der Waals surface area contributed by atoms with Crippen molar-refractivity contribution in [2.45, 2.75) is 44.8 Å². The Kier molecular flexibility index (Phi) is 7.48. The van der Waals surface area contributed by atoms with Crippen LogP contribution in [0.3, 0.4) is 0 Å². The van der Waals surface area contributed by atoms with E-state index in [9.17, 15) is 9.59 Å². The maximum absolute atomic E-state index is 13.2. The first-order valence-electron chi connectivity index (χ1n) is 12.7. The standard InChI is InChI=1S/C28H31ClN4O4/c1-3-24(34)32-13-5-4-9-20(16-32)33-26-22(10-11-23(25(26)29)37-21-12-14-36-17-21)30-28(33)31-27(35)19-8-6-7-18(2)15-19/h3,6-8,10-11,15,20-21H,1,4-5,9,12-14,16-17H2,2H3,(H,30,31,35)/t20-,21?/m1/s1. The lowest BCUT2D eigenvalue weighted by atomic mass is 10.1. The summed E-state index contributed by atoms with van der Waals surface area (Å²) in [6, 6.07) is 10.9. The van der Waals surface area contributed by atoms with Gasteiger partial charge in [0.2, 0.25) is 11.9 Å². The molecule has 9 heteroatoms. The molecule has 37 heavy (non-hydrogen) atoms.